The molecule has 3 aliphatic rings. The van der Waals surface area contributed by atoms with E-state index in [0.717, 1.165) is 17.7 Å². The molecular formula is C28H32BrF3N4O4S. The first-order chi connectivity index (χ1) is 19.4. The molecule has 0 N–H and O–H groups in total. The zero-order valence-corrected chi connectivity index (χ0v) is 25.1. The van der Waals surface area contributed by atoms with Crippen LogP contribution >= 0.6 is 15.9 Å². The average molecular weight is 658 g/mol. The van der Waals surface area contributed by atoms with Gasteiger partial charge >= 0.3 is 6.18 Å². The molecule has 2 amide bonds. The number of nitrogens with zero attached hydrogens (tertiary/aromatic N) is 4. The number of hydrogen-bond donors (Lipinski definition) is 0. The maximum absolute atomic E-state index is 13.8. The predicted octanol–water partition coefficient (Wildman–Crippen LogP) is 4.52. The number of halogens is 4. The molecule has 8 nitrogen and oxygen atoms in total. The molecule has 5 rings (SSSR count). The lowest BCUT2D eigenvalue weighted by Crippen LogP contribution is -2.53. The number of hydrogen-bond acceptors (Lipinski definition) is 5. The minimum Gasteiger partial charge on any atom is -0.368 e. The molecule has 3 aliphatic heterocycles. The van der Waals surface area contributed by atoms with Crippen LogP contribution in [0.15, 0.2) is 45.8 Å². The standard InChI is InChI=1S/C28H32BrF3N4O4S/c1-2-26(37)36-10-8-19-15-23(29)25(17-24(19)36)41(39,40)35-9-4-5-20(18-35)27(38)34-13-11-33(12-14-34)22-7-3-6-21(16-22)28(30,31)32/h3,6-7,15-17,20H,2,4-5,8-14,18H2,1H3/t20-/m1/s1. The fourth-order valence-corrected chi connectivity index (χ4v) is 8.45. The van der Waals surface area contributed by atoms with E-state index in [0.29, 0.717) is 74.3 Å². The Bertz CT molecular complexity index is 1440. The Balaban J connectivity index is 1.26. The van der Waals surface area contributed by atoms with E-state index in [1.54, 1.807) is 34.9 Å². The number of rotatable bonds is 5. The smallest absolute Gasteiger partial charge is 0.368 e. The lowest BCUT2D eigenvalue weighted by atomic mass is 9.97. The maximum Gasteiger partial charge on any atom is 0.416 e. The summed E-state index contributed by atoms with van der Waals surface area (Å²) in [6, 6.07) is 8.50. The molecule has 0 bridgehead atoms. The van der Waals surface area contributed by atoms with Gasteiger partial charge in [-0.3, -0.25) is 9.59 Å². The number of piperidine rings is 1. The van der Waals surface area contributed by atoms with Crippen LogP contribution in [0.1, 0.15) is 37.3 Å². The van der Waals surface area contributed by atoms with E-state index in [1.807, 2.05) is 4.90 Å². The molecule has 3 heterocycles. The summed E-state index contributed by atoms with van der Waals surface area (Å²) in [4.78, 5) is 31.1. The summed E-state index contributed by atoms with van der Waals surface area (Å²) in [5.74, 6) is -0.711. The molecule has 0 unspecified atom stereocenters. The minimum atomic E-state index is -4.43. The van der Waals surface area contributed by atoms with Crippen molar-refractivity contribution in [1.29, 1.82) is 0 Å². The van der Waals surface area contributed by atoms with E-state index in [2.05, 4.69) is 15.9 Å². The van der Waals surface area contributed by atoms with Crippen LogP contribution in [0.3, 0.4) is 0 Å². The summed E-state index contributed by atoms with van der Waals surface area (Å²) >= 11 is 3.42. The molecule has 0 saturated carbocycles. The molecule has 0 radical (unpaired) electrons. The van der Waals surface area contributed by atoms with Crippen LogP contribution < -0.4 is 9.80 Å². The average Bonchev–Trinajstić information content (AvgIpc) is 3.38. The van der Waals surface area contributed by atoms with Gasteiger partial charge in [0, 0.05) is 68.1 Å². The Morgan fingerprint density at radius 3 is 2.44 bits per heavy atom. The zero-order valence-electron chi connectivity index (χ0n) is 22.7. The largest absolute Gasteiger partial charge is 0.416 e. The van der Waals surface area contributed by atoms with E-state index < -0.39 is 27.7 Å². The first kappa shape index (κ1) is 29.8. The van der Waals surface area contributed by atoms with E-state index in [4.69, 9.17) is 0 Å². The summed E-state index contributed by atoms with van der Waals surface area (Å²) in [6.45, 7) is 4.08. The Morgan fingerprint density at radius 2 is 1.76 bits per heavy atom. The Kier molecular flexibility index (Phi) is 8.41. The number of piperazine rings is 1. The molecule has 41 heavy (non-hydrogen) atoms. The molecule has 0 aromatic heterocycles. The summed E-state index contributed by atoms with van der Waals surface area (Å²) in [5, 5.41) is 0. The molecule has 0 aliphatic carbocycles. The highest BCUT2D eigenvalue weighted by Crippen LogP contribution is 2.38. The molecule has 222 valence electrons. The predicted molar refractivity (Wildman–Crippen MR) is 152 cm³/mol. The van der Waals surface area contributed by atoms with Crippen molar-refractivity contribution in [2.24, 2.45) is 5.92 Å². The Labute approximate surface area is 246 Å². The highest BCUT2D eigenvalue weighted by atomic mass is 79.9. The lowest BCUT2D eigenvalue weighted by Gasteiger charge is -2.39. The number of alkyl halides is 3. The van der Waals surface area contributed by atoms with Crippen molar-refractivity contribution in [3.8, 4) is 0 Å². The fourth-order valence-electron chi connectivity index (χ4n) is 5.86. The van der Waals surface area contributed by atoms with E-state index >= 15 is 0 Å². The topological polar surface area (TPSA) is 81.2 Å². The maximum atomic E-state index is 13.8. The lowest BCUT2D eigenvalue weighted by molar-refractivity contribution is -0.137. The Hall–Kier alpha value is -2.64. The van der Waals surface area contributed by atoms with Gasteiger partial charge in [0.2, 0.25) is 21.8 Å². The number of benzene rings is 2. The summed E-state index contributed by atoms with van der Waals surface area (Å²) in [6.07, 6.45) is -2.36. The number of carbonyl (C=O) groups is 2. The van der Waals surface area contributed by atoms with Gasteiger partial charge in [-0.15, -0.1) is 0 Å². The number of anilines is 2. The van der Waals surface area contributed by atoms with E-state index in [-0.39, 0.29) is 29.8 Å². The molecule has 1 atom stereocenters. The van der Waals surface area contributed by atoms with Crippen molar-refractivity contribution in [3.05, 3.63) is 52.0 Å². The van der Waals surface area contributed by atoms with Crippen molar-refractivity contribution >= 4 is 49.1 Å². The van der Waals surface area contributed by atoms with Gasteiger partial charge in [0.1, 0.15) is 0 Å². The third-order valence-corrected chi connectivity index (χ3v) is 10.9. The molecule has 2 aromatic rings. The molecule has 2 fully saturated rings. The third-order valence-electron chi connectivity index (χ3n) is 8.11. The van der Waals surface area contributed by atoms with Gasteiger partial charge in [-0.25, -0.2) is 8.42 Å². The van der Waals surface area contributed by atoms with Crippen LogP contribution in [0.5, 0.6) is 0 Å². The number of sulfonamides is 1. The Morgan fingerprint density at radius 1 is 1.02 bits per heavy atom. The monoisotopic (exact) mass is 656 g/mol. The first-order valence-corrected chi connectivity index (χ1v) is 16.0. The van der Waals surface area contributed by atoms with E-state index in [9.17, 15) is 31.2 Å². The zero-order chi connectivity index (χ0) is 29.5. The van der Waals surface area contributed by atoms with Crippen LogP contribution in [0.4, 0.5) is 24.5 Å². The SMILES string of the molecule is CCC(=O)N1CCc2cc(Br)c(S(=O)(=O)N3CCC[C@@H](C(=O)N4CCN(c5cccc(C(F)(F)F)c5)CC4)C3)cc21. The molecule has 2 aromatic carbocycles. The number of fused-ring (bicyclic) bond motifs is 1. The van der Waals surface area contributed by atoms with Crippen LogP contribution in [0.25, 0.3) is 0 Å². The van der Waals surface area contributed by atoms with Gasteiger partial charge in [0.15, 0.2) is 0 Å². The van der Waals surface area contributed by atoms with Crippen LogP contribution in [0.2, 0.25) is 0 Å². The van der Waals surface area contributed by atoms with Crippen LogP contribution in [-0.4, -0.2) is 75.3 Å². The van der Waals surface area contributed by atoms with Crippen LogP contribution in [-0.2, 0) is 32.2 Å². The minimum absolute atomic E-state index is 0.0517. The van der Waals surface area contributed by atoms with Crippen LogP contribution in [0, 0.1) is 5.92 Å². The van der Waals surface area contributed by atoms with Gasteiger partial charge in [-0.1, -0.05) is 13.0 Å². The second-order valence-corrected chi connectivity index (χ2v) is 13.4. The highest BCUT2D eigenvalue weighted by Gasteiger charge is 2.38. The summed E-state index contributed by atoms with van der Waals surface area (Å²) in [7, 11) is -3.95. The van der Waals surface area contributed by atoms with Gasteiger partial charge < -0.3 is 14.7 Å². The van der Waals surface area contributed by atoms with Crippen molar-refractivity contribution in [2.45, 2.75) is 43.7 Å². The van der Waals surface area contributed by atoms with Crippen molar-refractivity contribution in [3.63, 3.8) is 0 Å². The molecule has 0 spiro atoms. The highest BCUT2D eigenvalue weighted by molar-refractivity contribution is 9.10. The van der Waals surface area contributed by atoms with E-state index in [1.165, 1.54) is 10.4 Å². The fraction of sp³-hybridized carbons (Fsp3) is 0.500. The first-order valence-electron chi connectivity index (χ1n) is 13.7. The second-order valence-electron chi connectivity index (χ2n) is 10.6. The van der Waals surface area contributed by atoms with Crippen molar-refractivity contribution in [1.82, 2.24) is 9.21 Å². The molecule has 13 heteroatoms. The molecular weight excluding hydrogens is 625 g/mol. The summed E-state index contributed by atoms with van der Waals surface area (Å²) in [5.41, 5.74) is 1.27. The number of carbonyl (C=O) groups excluding carboxylic acids is 2. The number of amides is 2. The van der Waals surface area contributed by atoms with Crippen molar-refractivity contribution < 1.29 is 31.2 Å². The van der Waals surface area contributed by atoms with Gasteiger partial charge in [0.25, 0.3) is 0 Å². The van der Waals surface area contributed by atoms with Gasteiger partial charge in [0.05, 0.1) is 16.4 Å². The van der Waals surface area contributed by atoms with Crippen molar-refractivity contribution in [2.75, 3.05) is 55.6 Å². The molecule has 2 saturated heterocycles. The van der Waals surface area contributed by atoms with Gasteiger partial charge in [-0.05, 0) is 71.1 Å². The quantitative estimate of drug-likeness (QED) is 0.473. The van der Waals surface area contributed by atoms with Gasteiger partial charge in [-0.2, -0.15) is 17.5 Å². The normalized spacial score (nSPS) is 20.3. The second kappa shape index (κ2) is 11.6. The third kappa shape index (κ3) is 5.98. The summed E-state index contributed by atoms with van der Waals surface area (Å²) < 4.78 is 68.8.